The van der Waals surface area contributed by atoms with Gasteiger partial charge in [-0.25, -0.2) is 0 Å². The van der Waals surface area contributed by atoms with Gasteiger partial charge in [-0.1, -0.05) is 60.1 Å². The molecule has 0 atom stereocenters. The Labute approximate surface area is 171 Å². The van der Waals surface area contributed by atoms with E-state index in [2.05, 4.69) is 35.6 Å². The minimum atomic E-state index is 0. The first-order valence-electron chi connectivity index (χ1n) is 8.65. The minimum Gasteiger partial charge on any atom is -1.00 e. The van der Waals surface area contributed by atoms with Crippen molar-refractivity contribution in [3.05, 3.63) is 94.5 Å². The molecule has 0 heterocycles. The summed E-state index contributed by atoms with van der Waals surface area (Å²) in [5.41, 5.74) is 3.49. The van der Waals surface area contributed by atoms with Crippen molar-refractivity contribution >= 4 is 11.6 Å². The summed E-state index contributed by atoms with van der Waals surface area (Å²) >= 11 is 5.94. The van der Waals surface area contributed by atoms with Crippen LogP contribution in [0.5, 0.6) is 11.5 Å². The lowest BCUT2D eigenvalue weighted by Gasteiger charge is -2.14. The van der Waals surface area contributed by atoms with E-state index < -0.39 is 0 Å². The number of nitrogens with two attached hydrogens (primary N) is 1. The molecular weight excluding hydrogens is 381 g/mol. The first-order chi connectivity index (χ1) is 12.8. The first kappa shape index (κ1) is 21.1. The molecule has 0 aromatic heterocycles. The maximum absolute atomic E-state index is 6.10. The monoisotopic (exact) mass is 403 g/mol. The van der Waals surface area contributed by atoms with Gasteiger partial charge in [0.15, 0.2) is 11.5 Å². The van der Waals surface area contributed by atoms with Crippen molar-refractivity contribution in [2.45, 2.75) is 19.7 Å². The molecule has 0 bridgehead atoms. The number of rotatable bonds is 8. The lowest BCUT2D eigenvalue weighted by Crippen LogP contribution is -3.00. The lowest BCUT2D eigenvalue weighted by atomic mass is 10.1. The highest BCUT2D eigenvalue weighted by molar-refractivity contribution is 6.30. The molecule has 0 radical (unpaired) electrons. The standard InChI is InChI=1S/C22H22ClNO2.ClH/c1-25-21-9-5-8-19(15-24-14-17-6-3-2-4-7-17)22(21)26-16-18-10-12-20(23)13-11-18;/h2-13,24H,14-16H2,1H3;1H. The van der Waals surface area contributed by atoms with Crippen LogP contribution in [0.3, 0.4) is 0 Å². The molecule has 0 spiro atoms. The molecule has 0 unspecified atom stereocenters. The van der Waals surface area contributed by atoms with Crippen LogP contribution >= 0.6 is 11.6 Å². The third kappa shape index (κ3) is 6.17. The van der Waals surface area contributed by atoms with E-state index in [9.17, 15) is 0 Å². The number of methoxy groups -OCH3 is 1. The van der Waals surface area contributed by atoms with Crippen molar-refractivity contribution < 1.29 is 27.2 Å². The summed E-state index contributed by atoms with van der Waals surface area (Å²) in [6.07, 6.45) is 0. The average molecular weight is 404 g/mol. The van der Waals surface area contributed by atoms with Gasteiger partial charge < -0.3 is 27.2 Å². The minimum absolute atomic E-state index is 0. The van der Waals surface area contributed by atoms with Gasteiger partial charge in [0.25, 0.3) is 0 Å². The highest BCUT2D eigenvalue weighted by Gasteiger charge is 2.12. The van der Waals surface area contributed by atoms with E-state index in [0.29, 0.717) is 6.61 Å². The van der Waals surface area contributed by atoms with E-state index in [-0.39, 0.29) is 12.4 Å². The fraction of sp³-hybridized carbons (Fsp3) is 0.182. The van der Waals surface area contributed by atoms with Crippen molar-refractivity contribution in [3.63, 3.8) is 0 Å². The van der Waals surface area contributed by atoms with E-state index in [1.165, 1.54) is 5.56 Å². The van der Waals surface area contributed by atoms with Gasteiger partial charge in [0.1, 0.15) is 19.7 Å². The summed E-state index contributed by atoms with van der Waals surface area (Å²) in [5.74, 6) is 1.55. The molecule has 142 valence electrons. The summed E-state index contributed by atoms with van der Waals surface area (Å²) in [5, 5.41) is 2.99. The van der Waals surface area contributed by atoms with Crippen LogP contribution in [0.4, 0.5) is 0 Å². The molecule has 0 fully saturated rings. The van der Waals surface area contributed by atoms with Gasteiger partial charge in [-0.2, -0.15) is 0 Å². The number of quaternary nitrogens is 1. The topological polar surface area (TPSA) is 35.1 Å². The molecule has 3 aromatic carbocycles. The third-order valence-corrected chi connectivity index (χ3v) is 4.42. The molecular formula is C22H23Cl2NO2. The van der Waals surface area contributed by atoms with Gasteiger partial charge >= 0.3 is 0 Å². The molecule has 2 N–H and O–H groups in total. The van der Waals surface area contributed by atoms with Crippen LogP contribution in [0, 0.1) is 0 Å². The number of hydrogen-bond acceptors (Lipinski definition) is 2. The number of benzene rings is 3. The van der Waals surface area contributed by atoms with Crippen LogP contribution in [0.1, 0.15) is 16.7 Å². The SMILES string of the molecule is COc1cccc(C[NH2+]Cc2ccccc2)c1OCc1ccc(Cl)cc1.[Cl-]. The molecule has 3 rings (SSSR count). The Bertz CT molecular complexity index is 823. The molecule has 3 aromatic rings. The van der Waals surface area contributed by atoms with Crippen molar-refractivity contribution in [1.82, 2.24) is 0 Å². The Balaban J connectivity index is 0.00000261. The second-order valence-electron chi connectivity index (χ2n) is 6.05. The molecule has 27 heavy (non-hydrogen) atoms. The molecule has 0 aliphatic carbocycles. The molecule has 5 heteroatoms. The number of halogens is 2. The van der Waals surface area contributed by atoms with Crippen LogP contribution < -0.4 is 27.2 Å². The van der Waals surface area contributed by atoms with Gasteiger partial charge in [-0.05, 0) is 29.8 Å². The van der Waals surface area contributed by atoms with Gasteiger partial charge in [0.05, 0.1) is 12.7 Å². The molecule has 0 aliphatic rings. The zero-order chi connectivity index (χ0) is 18.2. The van der Waals surface area contributed by atoms with Gasteiger partial charge in [0, 0.05) is 10.6 Å². The zero-order valence-electron chi connectivity index (χ0n) is 15.2. The Kier molecular flexibility index (Phi) is 8.46. The van der Waals surface area contributed by atoms with Crippen molar-refractivity contribution in [1.29, 1.82) is 0 Å². The molecule has 0 saturated heterocycles. The maximum Gasteiger partial charge on any atom is 0.170 e. The van der Waals surface area contributed by atoms with Crippen molar-refractivity contribution in [3.8, 4) is 11.5 Å². The highest BCUT2D eigenvalue weighted by atomic mass is 35.5. The van der Waals surface area contributed by atoms with Crippen LogP contribution in [0.25, 0.3) is 0 Å². The van der Waals surface area contributed by atoms with Gasteiger partial charge in [-0.15, -0.1) is 0 Å². The zero-order valence-corrected chi connectivity index (χ0v) is 16.7. The summed E-state index contributed by atoms with van der Waals surface area (Å²) in [4.78, 5) is 0. The Morgan fingerprint density at radius 2 is 1.56 bits per heavy atom. The molecule has 0 saturated carbocycles. The first-order valence-corrected chi connectivity index (χ1v) is 9.03. The van der Waals surface area contributed by atoms with Crippen molar-refractivity contribution in [2.75, 3.05) is 7.11 Å². The maximum atomic E-state index is 6.10. The summed E-state index contributed by atoms with van der Waals surface area (Å²) in [6, 6.07) is 24.1. The second kappa shape index (κ2) is 10.8. The van der Waals surface area contributed by atoms with Crippen LogP contribution in [0.15, 0.2) is 72.8 Å². The fourth-order valence-corrected chi connectivity index (χ4v) is 2.92. The third-order valence-electron chi connectivity index (χ3n) is 4.16. The van der Waals surface area contributed by atoms with Crippen LogP contribution in [0.2, 0.25) is 5.02 Å². The quantitative estimate of drug-likeness (QED) is 0.613. The summed E-state index contributed by atoms with van der Waals surface area (Å²) in [6.45, 7) is 2.22. The highest BCUT2D eigenvalue weighted by Crippen LogP contribution is 2.31. The average Bonchev–Trinajstić information content (AvgIpc) is 2.69. The number of hydrogen-bond donors (Lipinski definition) is 1. The predicted molar refractivity (Wildman–Crippen MR) is 105 cm³/mol. The van der Waals surface area contributed by atoms with Gasteiger partial charge in [0.2, 0.25) is 0 Å². The second-order valence-corrected chi connectivity index (χ2v) is 6.48. The molecule has 0 aliphatic heterocycles. The number of para-hydroxylation sites is 1. The summed E-state index contributed by atoms with van der Waals surface area (Å²) in [7, 11) is 1.67. The van der Waals surface area contributed by atoms with E-state index in [0.717, 1.165) is 40.7 Å². The Morgan fingerprint density at radius 3 is 2.26 bits per heavy atom. The Morgan fingerprint density at radius 1 is 0.815 bits per heavy atom. The van der Waals surface area contributed by atoms with Gasteiger partial charge in [-0.3, -0.25) is 0 Å². The van der Waals surface area contributed by atoms with E-state index in [1.54, 1.807) is 7.11 Å². The Hall–Kier alpha value is -2.20. The van der Waals surface area contributed by atoms with Crippen LogP contribution in [-0.4, -0.2) is 7.11 Å². The van der Waals surface area contributed by atoms with Crippen LogP contribution in [-0.2, 0) is 19.7 Å². The molecule has 3 nitrogen and oxygen atoms in total. The fourth-order valence-electron chi connectivity index (χ4n) is 2.79. The van der Waals surface area contributed by atoms with E-state index in [1.807, 2.05) is 42.5 Å². The predicted octanol–water partition coefficient (Wildman–Crippen LogP) is 1.20. The lowest BCUT2D eigenvalue weighted by molar-refractivity contribution is -0.686. The normalized spacial score (nSPS) is 10.1. The van der Waals surface area contributed by atoms with E-state index >= 15 is 0 Å². The van der Waals surface area contributed by atoms with E-state index in [4.69, 9.17) is 21.1 Å². The molecule has 0 amide bonds. The number of ether oxygens (including phenoxy) is 2. The summed E-state index contributed by atoms with van der Waals surface area (Å²) < 4.78 is 11.6. The largest absolute Gasteiger partial charge is 1.00 e. The smallest absolute Gasteiger partial charge is 0.170 e. The van der Waals surface area contributed by atoms with Crippen molar-refractivity contribution in [2.24, 2.45) is 0 Å².